The Labute approximate surface area is 179 Å². The summed E-state index contributed by atoms with van der Waals surface area (Å²) >= 11 is 1.93. The van der Waals surface area contributed by atoms with Crippen LogP contribution < -0.4 is 3.58 Å². The summed E-state index contributed by atoms with van der Waals surface area (Å²) < 4.78 is 1.83. The summed E-state index contributed by atoms with van der Waals surface area (Å²) in [5.41, 5.74) is 3.87. The first-order valence-electron chi connectivity index (χ1n) is 11.2. The molecule has 1 aliphatic rings. The Bertz CT molecular complexity index is 720. The summed E-state index contributed by atoms with van der Waals surface area (Å²) in [5, 5.41) is 4.94. The maximum atomic E-state index is 2.61. The van der Waals surface area contributed by atoms with E-state index in [0.29, 0.717) is 5.41 Å². The summed E-state index contributed by atoms with van der Waals surface area (Å²) in [7, 11) is 0. The van der Waals surface area contributed by atoms with E-state index in [4.69, 9.17) is 0 Å². The molecule has 1 aliphatic carbocycles. The van der Waals surface area contributed by atoms with Crippen molar-refractivity contribution < 1.29 is 0 Å². The van der Waals surface area contributed by atoms with Crippen molar-refractivity contribution in [2.24, 2.45) is 0 Å². The molecule has 0 aliphatic heterocycles. The van der Waals surface area contributed by atoms with E-state index in [9.17, 15) is 0 Å². The molecule has 2 aromatic rings. The van der Waals surface area contributed by atoms with Crippen molar-refractivity contribution in [2.45, 2.75) is 98.3 Å². The molecule has 0 radical (unpaired) electrons. The Morgan fingerprint density at radius 3 is 2.00 bits per heavy atom. The topological polar surface area (TPSA) is 0 Å². The molecule has 0 amide bonds. The molecule has 0 aromatic carbocycles. The molecule has 0 spiro atoms. The third-order valence-corrected chi connectivity index (χ3v) is 14.8. The molecule has 0 atom stereocenters. The van der Waals surface area contributed by atoms with Crippen molar-refractivity contribution in [3.05, 3.63) is 28.0 Å². The van der Waals surface area contributed by atoms with E-state index < -0.39 is 18.4 Å². The van der Waals surface area contributed by atoms with Crippen LogP contribution in [0.2, 0.25) is 14.8 Å². The number of hydrogen-bond donors (Lipinski definition) is 0. The molecule has 0 fully saturated rings. The second-order valence-electron chi connectivity index (χ2n) is 9.47. The van der Waals surface area contributed by atoms with Crippen LogP contribution in [0.4, 0.5) is 0 Å². The van der Waals surface area contributed by atoms with Crippen LogP contribution in [-0.4, -0.2) is 18.4 Å². The molecule has 0 bridgehead atoms. The van der Waals surface area contributed by atoms with Gasteiger partial charge in [0.2, 0.25) is 0 Å². The molecule has 150 valence electrons. The quantitative estimate of drug-likeness (QED) is 0.210. The van der Waals surface area contributed by atoms with Crippen LogP contribution >= 0.6 is 22.7 Å². The van der Waals surface area contributed by atoms with Crippen LogP contribution in [0.25, 0.3) is 9.75 Å². The molecule has 2 aromatic heterocycles. The van der Waals surface area contributed by atoms with E-state index in [1.807, 2.05) is 20.5 Å². The maximum absolute atomic E-state index is 2.61. The second-order valence-corrected chi connectivity index (χ2v) is 25.6. The van der Waals surface area contributed by atoms with Crippen LogP contribution in [-0.2, 0) is 5.41 Å². The summed E-state index contributed by atoms with van der Waals surface area (Å²) in [5.74, 6) is 0. The van der Waals surface area contributed by atoms with Gasteiger partial charge in [0.05, 0.1) is 0 Å². The van der Waals surface area contributed by atoms with Gasteiger partial charge in [-0.05, 0) is 0 Å². The molecular weight excluding hydrogens is 471 g/mol. The fraction of sp³-hybridized carbons (Fsp3) is 0.667. The predicted octanol–water partition coefficient (Wildman–Crippen LogP) is 8.56. The third-order valence-electron chi connectivity index (χ3n) is 6.38. The van der Waals surface area contributed by atoms with E-state index in [1.165, 1.54) is 64.2 Å². The average Bonchev–Trinajstić information content (AvgIpc) is 3.30. The van der Waals surface area contributed by atoms with Gasteiger partial charge >= 0.3 is 181 Å². The molecule has 27 heavy (non-hydrogen) atoms. The summed E-state index contributed by atoms with van der Waals surface area (Å²) in [6.45, 7) is 4.66. The van der Waals surface area contributed by atoms with Gasteiger partial charge in [0.25, 0.3) is 0 Å². The minimum absolute atomic E-state index is 0.339. The normalized spacial score (nSPS) is 15.1. The van der Waals surface area contributed by atoms with E-state index in [2.05, 4.69) is 56.8 Å². The van der Waals surface area contributed by atoms with E-state index in [-0.39, 0.29) is 0 Å². The van der Waals surface area contributed by atoms with Crippen LogP contribution in [0.1, 0.15) is 89.2 Å². The molecule has 3 heteroatoms. The number of rotatable bonds is 11. The van der Waals surface area contributed by atoms with Crippen molar-refractivity contribution in [2.75, 3.05) is 0 Å². The van der Waals surface area contributed by atoms with Crippen molar-refractivity contribution in [3.8, 4) is 9.75 Å². The summed E-state index contributed by atoms with van der Waals surface area (Å²) in [6.07, 6.45) is 13.8. The monoisotopic (exact) mass is 510 g/mol. The van der Waals surface area contributed by atoms with Crippen molar-refractivity contribution in [1.29, 1.82) is 0 Å². The SMILES string of the molecule is CCCCCCC1(CCCCCC)c2ccsc2-c2sc[c]([Sn]([CH3])([CH3])[CH3])c21. The van der Waals surface area contributed by atoms with Gasteiger partial charge in [-0.2, -0.15) is 0 Å². The van der Waals surface area contributed by atoms with Crippen LogP contribution in [0.3, 0.4) is 0 Å². The first-order valence-corrected chi connectivity index (χ1v) is 22.9. The van der Waals surface area contributed by atoms with E-state index >= 15 is 0 Å². The number of fused-ring (bicyclic) bond motifs is 3. The zero-order valence-corrected chi connectivity index (χ0v) is 22.6. The Morgan fingerprint density at radius 1 is 0.815 bits per heavy atom. The molecule has 0 saturated carbocycles. The summed E-state index contributed by atoms with van der Waals surface area (Å²) in [4.78, 5) is 11.1. The Balaban J connectivity index is 2.01. The molecule has 0 unspecified atom stereocenters. The first-order chi connectivity index (χ1) is 13.0. The predicted molar refractivity (Wildman–Crippen MR) is 129 cm³/mol. The van der Waals surface area contributed by atoms with Crippen molar-refractivity contribution >= 4 is 44.6 Å². The number of hydrogen-bond acceptors (Lipinski definition) is 2. The van der Waals surface area contributed by atoms with Crippen molar-refractivity contribution in [3.63, 3.8) is 0 Å². The van der Waals surface area contributed by atoms with Crippen molar-refractivity contribution in [1.82, 2.24) is 0 Å². The van der Waals surface area contributed by atoms with Gasteiger partial charge in [0.1, 0.15) is 0 Å². The first kappa shape index (κ1) is 21.9. The van der Waals surface area contributed by atoms with Gasteiger partial charge in [-0.3, -0.25) is 0 Å². The molecule has 0 saturated heterocycles. The average molecular weight is 509 g/mol. The molecule has 0 nitrogen and oxygen atoms in total. The van der Waals surface area contributed by atoms with Gasteiger partial charge < -0.3 is 0 Å². The number of unbranched alkanes of at least 4 members (excludes halogenated alkanes) is 6. The molecular formula is C24H38S2Sn. The number of thiophene rings is 2. The fourth-order valence-electron chi connectivity index (χ4n) is 4.90. The second kappa shape index (κ2) is 9.34. The van der Waals surface area contributed by atoms with Gasteiger partial charge in [-0.15, -0.1) is 0 Å². The third kappa shape index (κ3) is 4.38. The van der Waals surface area contributed by atoms with Gasteiger partial charge in [0.15, 0.2) is 0 Å². The molecule has 0 N–H and O–H groups in total. The Hall–Kier alpha value is 0.199. The standard InChI is InChI=1S/C21H29S2.3CH3.Sn/c1-3-5-7-9-13-21(14-10-8-6-4-2)17-11-15-22-19(17)20-18(21)12-16-23-20;;;;/h11,15-16H,3-10,13-14H2,1-2H3;3*1H3;. The van der Waals surface area contributed by atoms with Gasteiger partial charge in [-0.1, -0.05) is 0 Å². The zero-order chi connectivity index (χ0) is 19.5. The van der Waals surface area contributed by atoms with Gasteiger partial charge in [-0.25, -0.2) is 0 Å². The Morgan fingerprint density at radius 2 is 1.44 bits per heavy atom. The fourth-order valence-corrected chi connectivity index (χ4v) is 14.4. The van der Waals surface area contributed by atoms with Crippen LogP contribution in [0, 0.1) is 0 Å². The molecule has 3 rings (SSSR count). The van der Waals surface area contributed by atoms with Crippen LogP contribution in [0.15, 0.2) is 16.8 Å². The van der Waals surface area contributed by atoms with E-state index in [1.54, 1.807) is 15.3 Å². The minimum atomic E-state index is -2.13. The summed E-state index contributed by atoms with van der Waals surface area (Å²) in [6, 6.07) is 2.49. The van der Waals surface area contributed by atoms with E-state index in [0.717, 1.165) is 0 Å². The molecule has 2 heterocycles. The van der Waals surface area contributed by atoms with Crippen LogP contribution in [0.5, 0.6) is 0 Å². The van der Waals surface area contributed by atoms with Gasteiger partial charge in [0, 0.05) is 0 Å². The zero-order valence-electron chi connectivity index (χ0n) is 18.1. The Kier molecular flexibility index (Phi) is 7.58.